The van der Waals surface area contributed by atoms with Gasteiger partial charge in [-0.3, -0.25) is 19.1 Å². The molecule has 0 aliphatic carbocycles. The summed E-state index contributed by atoms with van der Waals surface area (Å²) in [5, 5.41) is 0.752. The molecule has 0 atom stereocenters. The Morgan fingerprint density at radius 2 is 1.89 bits per heavy atom. The Labute approximate surface area is 153 Å². The predicted molar refractivity (Wildman–Crippen MR) is 94.3 cm³/mol. The van der Waals surface area contributed by atoms with Gasteiger partial charge in [0.05, 0.1) is 17.4 Å². The van der Waals surface area contributed by atoms with E-state index in [1.165, 1.54) is 11.1 Å². The molecule has 0 saturated carbocycles. The number of rotatable bonds is 3. The minimum Gasteiger partial charge on any atom is -0.338 e. The van der Waals surface area contributed by atoms with Crippen LogP contribution in [-0.2, 0) is 0 Å². The number of alkyl halides is 2. The lowest BCUT2D eigenvalue weighted by Crippen LogP contribution is -2.42. The summed E-state index contributed by atoms with van der Waals surface area (Å²) in [4.78, 5) is 33.2. The molecule has 8 heteroatoms. The van der Waals surface area contributed by atoms with E-state index < -0.39 is 5.92 Å². The summed E-state index contributed by atoms with van der Waals surface area (Å²) in [6.07, 6.45) is 4.87. The largest absolute Gasteiger partial charge is 0.338 e. The van der Waals surface area contributed by atoms with Crippen LogP contribution in [0, 0.1) is 0 Å². The molecule has 1 aliphatic rings. The Morgan fingerprint density at radius 3 is 2.56 bits per heavy atom. The highest BCUT2D eigenvalue weighted by molar-refractivity contribution is 5.97. The van der Waals surface area contributed by atoms with Gasteiger partial charge in [-0.2, -0.15) is 0 Å². The van der Waals surface area contributed by atoms with E-state index in [1.54, 1.807) is 35.2 Å². The third-order valence-electron chi connectivity index (χ3n) is 4.73. The molecule has 1 saturated heterocycles. The van der Waals surface area contributed by atoms with Crippen LogP contribution in [0.5, 0.6) is 0 Å². The number of aromatic nitrogens is 3. The minimum absolute atomic E-state index is 0.0413. The van der Waals surface area contributed by atoms with E-state index in [9.17, 15) is 18.4 Å². The quantitative estimate of drug-likeness (QED) is 0.665. The molecule has 6 nitrogen and oxygen atoms in total. The van der Waals surface area contributed by atoms with Gasteiger partial charge in [0.15, 0.2) is 6.29 Å². The highest BCUT2D eigenvalue weighted by Gasteiger charge is 2.35. The number of carbonyl (C=O) groups excluding carboxylic acids is 2. The first kappa shape index (κ1) is 17.3. The van der Waals surface area contributed by atoms with Crippen LogP contribution < -0.4 is 0 Å². The van der Waals surface area contributed by atoms with Gasteiger partial charge in [0.25, 0.3) is 11.8 Å². The van der Waals surface area contributed by atoms with Gasteiger partial charge in [0, 0.05) is 43.7 Å². The van der Waals surface area contributed by atoms with Gasteiger partial charge in [-0.25, -0.2) is 13.8 Å². The molecule has 138 valence electrons. The molecule has 0 unspecified atom stereocenters. The van der Waals surface area contributed by atoms with Crippen LogP contribution in [0.15, 0.2) is 42.9 Å². The molecule has 3 aromatic rings. The van der Waals surface area contributed by atoms with Crippen molar-refractivity contribution >= 4 is 23.2 Å². The van der Waals surface area contributed by atoms with Gasteiger partial charge < -0.3 is 4.90 Å². The summed E-state index contributed by atoms with van der Waals surface area (Å²) in [6.45, 7) is 0.0826. The second-order valence-electron chi connectivity index (χ2n) is 6.53. The summed E-state index contributed by atoms with van der Waals surface area (Å²) in [7, 11) is 0. The average Bonchev–Trinajstić information content (AvgIpc) is 3.10. The van der Waals surface area contributed by atoms with Gasteiger partial charge in [0.1, 0.15) is 11.3 Å². The zero-order valence-electron chi connectivity index (χ0n) is 14.3. The molecule has 1 aliphatic heterocycles. The van der Waals surface area contributed by atoms with Crippen LogP contribution in [0.1, 0.15) is 33.7 Å². The normalized spacial score (nSPS) is 16.4. The zero-order chi connectivity index (χ0) is 19.0. The molecule has 0 N–H and O–H groups in total. The van der Waals surface area contributed by atoms with E-state index in [1.807, 2.05) is 6.07 Å². The number of amides is 1. The number of hydrogen-bond acceptors (Lipinski definition) is 4. The first-order chi connectivity index (χ1) is 13.0. The van der Waals surface area contributed by atoms with Crippen LogP contribution >= 0.6 is 0 Å². The van der Waals surface area contributed by atoms with Crippen LogP contribution in [-0.4, -0.2) is 50.6 Å². The molecule has 0 aromatic carbocycles. The number of aldehydes is 1. The van der Waals surface area contributed by atoms with Crippen LogP contribution in [0.25, 0.3) is 16.7 Å². The summed E-state index contributed by atoms with van der Waals surface area (Å²) in [5.41, 5.74) is 2.08. The van der Waals surface area contributed by atoms with E-state index in [4.69, 9.17) is 0 Å². The fraction of sp³-hybridized carbons (Fsp3) is 0.263. The Hall–Kier alpha value is -3.16. The highest BCUT2D eigenvalue weighted by atomic mass is 19.3. The Morgan fingerprint density at radius 1 is 1.11 bits per heavy atom. The number of likely N-dealkylation sites (tertiary alicyclic amines) is 1. The molecule has 1 amide bonds. The van der Waals surface area contributed by atoms with E-state index in [2.05, 4.69) is 9.97 Å². The summed E-state index contributed by atoms with van der Waals surface area (Å²) < 4.78 is 28.4. The molecule has 4 rings (SSSR count). The van der Waals surface area contributed by atoms with E-state index in [-0.39, 0.29) is 31.8 Å². The van der Waals surface area contributed by atoms with Crippen molar-refractivity contribution in [3.05, 3.63) is 54.1 Å². The van der Waals surface area contributed by atoms with Crippen LogP contribution in [0.2, 0.25) is 0 Å². The van der Waals surface area contributed by atoms with Crippen molar-refractivity contribution in [1.29, 1.82) is 0 Å². The molecular formula is C19H16F2N4O2. The monoisotopic (exact) mass is 370 g/mol. The highest BCUT2D eigenvalue weighted by Crippen LogP contribution is 2.28. The number of nitrogens with zero attached hydrogens (tertiary/aromatic N) is 4. The lowest BCUT2D eigenvalue weighted by atomic mass is 10.1. The number of piperidine rings is 1. The minimum atomic E-state index is -2.69. The SMILES string of the molecule is O=Cc1ccc(-n2ccc3cc(C(=O)N4CCC(F)(F)CC4)cnc32)cn1. The fourth-order valence-corrected chi connectivity index (χ4v) is 3.18. The van der Waals surface area contributed by atoms with Gasteiger partial charge >= 0.3 is 0 Å². The van der Waals surface area contributed by atoms with Crippen LogP contribution in [0.3, 0.4) is 0 Å². The molecule has 0 bridgehead atoms. The van der Waals surface area contributed by atoms with E-state index in [0.29, 0.717) is 23.2 Å². The second kappa shape index (κ2) is 6.53. The zero-order valence-corrected chi connectivity index (χ0v) is 14.3. The van der Waals surface area contributed by atoms with Gasteiger partial charge in [0.2, 0.25) is 0 Å². The number of pyridine rings is 2. The van der Waals surface area contributed by atoms with E-state index in [0.717, 1.165) is 11.1 Å². The molecule has 0 spiro atoms. The molecule has 1 fully saturated rings. The predicted octanol–water partition coefficient (Wildman–Crippen LogP) is 3.10. The lowest BCUT2D eigenvalue weighted by Gasteiger charge is -2.31. The first-order valence-electron chi connectivity index (χ1n) is 8.53. The van der Waals surface area contributed by atoms with Gasteiger partial charge in [-0.05, 0) is 24.3 Å². The Balaban J connectivity index is 1.60. The molecule has 27 heavy (non-hydrogen) atoms. The third-order valence-corrected chi connectivity index (χ3v) is 4.73. The van der Waals surface area contributed by atoms with E-state index >= 15 is 0 Å². The Kier molecular flexibility index (Phi) is 4.18. The molecule has 3 aromatic heterocycles. The number of fused-ring (bicyclic) bond motifs is 1. The smallest absolute Gasteiger partial charge is 0.255 e. The number of carbonyl (C=O) groups is 2. The third kappa shape index (κ3) is 3.30. The topological polar surface area (TPSA) is 68.1 Å². The van der Waals surface area contributed by atoms with Crippen molar-refractivity contribution in [2.24, 2.45) is 0 Å². The number of hydrogen-bond donors (Lipinski definition) is 0. The maximum absolute atomic E-state index is 13.3. The summed E-state index contributed by atoms with van der Waals surface area (Å²) in [5.74, 6) is -2.98. The van der Waals surface area contributed by atoms with Crippen molar-refractivity contribution in [3.63, 3.8) is 0 Å². The van der Waals surface area contributed by atoms with Gasteiger partial charge in [-0.1, -0.05) is 0 Å². The lowest BCUT2D eigenvalue weighted by molar-refractivity contribution is -0.0494. The summed E-state index contributed by atoms with van der Waals surface area (Å²) >= 11 is 0. The second-order valence-corrected chi connectivity index (χ2v) is 6.53. The van der Waals surface area contributed by atoms with Crippen LogP contribution in [0.4, 0.5) is 8.78 Å². The maximum Gasteiger partial charge on any atom is 0.255 e. The summed E-state index contributed by atoms with van der Waals surface area (Å²) in [6, 6.07) is 6.89. The van der Waals surface area contributed by atoms with Crippen molar-refractivity contribution < 1.29 is 18.4 Å². The fourth-order valence-electron chi connectivity index (χ4n) is 3.18. The molecule has 0 radical (unpaired) electrons. The number of halogens is 2. The standard InChI is InChI=1S/C19H16F2N4O2/c20-19(21)4-7-24(8-5-19)18(27)14-9-13-3-6-25(17(13)23-10-14)16-2-1-15(12-26)22-11-16/h1-3,6,9-12H,4-5,7-8H2. The van der Waals surface area contributed by atoms with Crippen molar-refractivity contribution in [3.8, 4) is 5.69 Å². The molecule has 4 heterocycles. The van der Waals surface area contributed by atoms with Gasteiger partial charge in [-0.15, -0.1) is 0 Å². The molecular weight excluding hydrogens is 354 g/mol. The average molecular weight is 370 g/mol. The Bertz CT molecular complexity index is 1000. The van der Waals surface area contributed by atoms with Crippen molar-refractivity contribution in [2.45, 2.75) is 18.8 Å². The van der Waals surface area contributed by atoms with Crippen molar-refractivity contribution in [2.75, 3.05) is 13.1 Å². The first-order valence-corrected chi connectivity index (χ1v) is 8.53. The maximum atomic E-state index is 13.3. The van der Waals surface area contributed by atoms with Crippen molar-refractivity contribution in [1.82, 2.24) is 19.4 Å².